The van der Waals surface area contributed by atoms with E-state index >= 15 is 0 Å². The average Bonchev–Trinajstić information content (AvgIpc) is 2.86. The Hall–Kier alpha value is -0.430. The summed E-state index contributed by atoms with van der Waals surface area (Å²) in [6.45, 7) is 8.23. The molecule has 1 aliphatic heterocycles. The van der Waals surface area contributed by atoms with Crippen LogP contribution in [0.3, 0.4) is 0 Å². The van der Waals surface area contributed by atoms with Crippen LogP contribution in [0.5, 0.6) is 0 Å². The van der Waals surface area contributed by atoms with Crippen LogP contribution >= 0.6 is 11.3 Å². The Morgan fingerprint density at radius 2 is 2.05 bits per heavy atom. The highest BCUT2D eigenvalue weighted by atomic mass is 32.2. The molecule has 114 valence electrons. The summed E-state index contributed by atoms with van der Waals surface area (Å²) < 4.78 is 27.1. The third kappa shape index (κ3) is 3.61. The third-order valence-corrected chi connectivity index (χ3v) is 6.77. The molecule has 1 fully saturated rings. The summed E-state index contributed by atoms with van der Waals surface area (Å²) in [6.07, 6.45) is 1.92. The fourth-order valence-electron chi connectivity index (χ4n) is 2.35. The molecular weight excluding hydrogens is 292 g/mol. The first-order valence-corrected chi connectivity index (χ1v) is 9.53. The highest BCUT2D eigenvalue weighted by Crippen LogP contribution is 2.28. The second-order valence-corrected chi connectivity index (χ2v) is 8.74. The van der Waals surface area contributed by atoms with Crippen molar-refractivity contribution in [1.29, 1.82) is 0 Å². The number of thiophene rings is 1. The minimum Gasteiger partial charge on any atom is -0.310 e. The van der Waals surface area contributed by atoms with E-state index in [-0.39, 0.29) is 0 Å². The van der Waals surface area contributed by atoms with Crippen molar-refractivity contribution in [2.45, 2.75) is 51.1 Å². The fraction of sp³-hybridized carbons (Fsp3) is 0.714. The van der Waals surface area contributed by atoms with E-state index in [4.69, 9.17) is 0 Å². The molecule has 1 saturated heterocycles. The van der Waals surface area contributed by atoms with Gasteiger partial charge in [0.25, 0.3) is 0 Å². The number of nitrogens with zero attached hydrogens (tertiary/aromatic N) is 1. The Morgan fingerprint density at radius 1 is 1.40 bits per heavy atom. The van der Waals surface area contributed by atoms with Gasteiger partial charge in [0.1, 0.15) is 0 Å². The lowest BCUT2D eigenvalue weighted by molar-refractivity contribution is 0.288. The third-order valence-electron chi connectivity index (χ3n) is 3.74. The predicted octanol–water partition coefficient (Wildman–Crippen LogP) is 2.67. The molecule has 0 unspecified atom stereocenters. The maximum Gasteiger partial charge on any atom is 0.244 e. The molecule has 2 rings (SSSR count). The second-order valence-electron chi connectivity index (χ2n) is 5.83. The summed E-state index contributed by atoms with van der Waals surface area (Å²) in [6, 6.07) is 2.10. The van der Waals surface area contributed by atoms with Crippen molar-refractivity contribution in [2.24, 2.45) is 5.92 Å². The first kappa shape index (κ1) is 15.9. The molecule has 1 N–H and O–H groups in total. The van der Waals surface area contributed by atoms with Gasteiger partial charge in [0.15, 0.2) is 0 Å². The van der Waals surface area contributed by atoms with E-state index in [2.05, 4.69) is 26.1 Å². The zero-order chi connectivity index (χ0) is 14.8. The topological polar surface area (TPSA) is 49.4 Å². The molecule has 1 aromatic rings. The molecule has 0 saturated carbocycles. The van der Waals surface area contributed by atoms with E-state index in [1.165, 1.54) is 11.3 Å². The van der Waals surface area contributed by atoms with Gasteiger partial charge in [-0.25, -0.2) is 8.42 Å². The van der Waals surface area contributed by atoms with Gasteiger partial charge in [-0.15, -0.1) is 11.3 Å². The summed E-state index contributed by atoms with van der Waals surface area (Å²) in [5.41, 5.74) is 0. The van der Waals surface area contributed by atoms with E-state index in [1.807, 2.05) is 5.38 Å². The zero-order valence-corrected chi connectivity index (χ0v) is 14.1. The molecule has 0 bridgehead atoms. The minimum absolute atomic E-state index is 0.350. The Kier molecular flexibility index (Phi) is 5.23. The minimum atomic E-state index is -3.32. The van der Waals surface area contributed by atoms with E-state index < -0.39 is 10.0 Å². The fourth-order valence-corrected chi connectivity index (χ4v) is 5.18. The van der Waals surface area contributed by atoms with Gasteiger partial charge in [-0.3, -0.25) is 0 Å². The number of piperidine rings is 1. The molecule has 1 aromatic heterocycles. The lowest BCUT2D eigenvalue weighted by atomic mass is 10.0. The smallest absolute Gasteiger partial charge is 0.244 e. The van der Waals surface area contributed by atoms with Crippen LogP contribution in [0.25, 0.3) is 0 Å². The van der Waals surface area contributed by atoms with Crippen molar-refractivity contribution in [3.05, 3.63) is 16.3 Å². The maximum absolute atomic E-state index is 12.7. The summed E-state index contributed by atoms with van der Waals surface area (Å²) >= 11 is 1.51. The van der Waals surface area contributed by atoms with Crippen LogP contribution in [0.1, 0.15) is 38.5 Å². The molecule has 2 heterocycles. The zero-order valence-electron chi connectivity index (χ0n) is 12.4. The number of rotatable bonds is 5. The van der Waals surface area contributed by atoms with Crippen molar-refractivity contribution in [2.75, 3.05) is 13.1 Å². The van der Waals surface area contributed by atoms with Crippen molar-refractivity contribution >= 4 is 21.4 Å². The lowest BCUT2D eigenvalue weighted by Crippen LogP contribution is -2.38. The molecule has 4 nitrogen and oxygen atoms in total. The quantitative estimate of drug-likeness (QED) is 0.908. The van der Waals surface area contributed by atoms with Crippen LogP contribution < -0.4 is 5.32 Å². The van der Waals surface area contributed by atoms with Crippen LogP contribution in [0.15, 0.2) is 16.3 Å². The standard InChI is InChI=1S/C14H24N2O2S2/c1-11(2)15-10-13-14(6-9-19-13)20(17,18)16-7-4-12(3)5-8-16/h6,9,11-12,15H,4-5,7-8,10H2,1-3H3. The first-order valence-electron chi connectivity index (χ1n) is 7.21. The molecule has 0 aliphatic carbocycles. The molecule has 0 spiro atoms. The number of hydrogen-bond donors (Lipinski definition) is 1. The van der Waals surface area contributed by atoms with Crippen LogP contribution in [0.2, 0.25) is 0 Å². The second kappa shape index (κ2) is 6.56. The van der Waals surface area contributed by atoms with Gasteiger partial charge in [0.05, 0.1) is 4.90 Å². The number of nitrogens with one attached hydrogen (secondary N) is 1. The molecule has 0 aromatic carbocycles. The van der Waals surface area contributed by atoms with Crippen molar-refractivity contribution in [3.8, 4) is 0 Å². The highest BCUT2D eigenvalue weighted by Gasteiger charge is 2.30. The van der Waals surface area contributed by atoms with Gasteiger partial charge in [-0.2, -0.15) is 4.31 Å². The largest absolute Gasteiger partial charge is 0.310 e. The number of hydrogen-bond acceptors (Lipinski definition) is 4. The van der Waals surface area contributed by atoms with E-state index in [9.17, 15) is 8.42 Å². The molecule has 6 heteroatoms. The molecule has 0 atom stereocenters. The summed E-state index contributed by atoms with van der Waals surface area (Å²) in [7, 11) is -3.32. The van der Waals surface area contributed by atoms with Gasteiger partial charge in [0, 0.05) is 30.6 Å². The van der Waals surface area contributed by atoms with E-state index in [0.717, 1.165) is 17.7 Å². The average molecular weight is 316 g/mol. The summed E-state index contributed by atoms with van der Waals surface area (Å²) in [5, 5.41) is 5.17. The Bertz CT molecular complexity index is 529. The molecule has 0 radical (unpaired) electrons. The van der Waals surface area contributed by atoms with Crippen LogP contribution in [-0.4, -0.2) is 31.9 Å². The van der Waals surface area contributed by atoms with Crippen molar-refractivity contribution in [3.63, 3.8) is 0 Å². The van der Waals surface area contributed by atoms with E-state index in [1.54, 1.807) is 10.4 Å². The normalized spacial score (nSPS) is 18.8. The van der Waals surface area contributed by atoms with Gasteiger partial charge >= 0.3 is 0 Å². The monoisotopic (exact) mass is 316 g/mol. The van der Waals surface area contributed by atoms with Crippen LogP contribution in [0, 0.1) is 5.92 Å². The van der Waals surface area contributed by atoms with Crippen molar-refractivity contribution < 1.29 is 8.42 Å². The SMILES string of the molecule is CC1CCN(S(=O)(=O)c2ccsc2CNC(C)C)CC1. The van der Waals surface area contributed by atoms with Gasteiger partial charge in [-0.1, -0.05) is 20.8 Å². The predicted molar refractivity (Wildman–Crippen MR) is 83.5 cm³/mol. The first-order chi connectivity index (χ1) is 9.41. The Morgan fingerprint density at radius 3 is 2.65 bits per heavy atom. The number of sulfonamides is 1. The molecule has 20 heavy (non-hydrogen) atoms. The lowest BCUT2D eigenvalue weighted by Gasteiger charge is -2.29. The molecule has 1 aliphatic rings. The summed E-state index contributed by atoms with van der Waals surface area (Å²) in [4.78, 5) is 1.41. The van der Waals surface area contributed by atoms with E-state index in [0.29, 0.717) is 36.5 Å². The summed E-state index contributed by atoms with van der Waals surface area (Å²) in [5.74, 6) is 0.631. The highest BCUT2D eigenvalue weighted by molar-refractivity contribution is 7.89. The van der Waals surface area contributed by atoms with Gasteiger partial charge in [0.2, 0.25) is 10.0 Å². The van der Waals surface area contributed by atoms with Gasteiger partial charge < -0.3 is 5.32 Å². The van der Waals surface area contributed by atoms with Crippen molar-refractivity contribution in [1.82, 2.24) is 9.62 Å². The van der Waals surface area contributed by atoms with Gasteiger partial charge in [-0.05, 0) is 30.2 Å². The Balaban J connectivity index is 2.15. The van der Waals surface area contributed by atoms with Crippen LogP contribution in [-0.2, 0) is 16.6 Å². The molecular formula is C14H24N2O2S2. The maximum atomic E-state index is 12.7. The Labute approximate surface area is 126 Å². The molecule has 0 amide bonds. The van der Waals surface area contributed by atoms with Crippen LogP contribution in [0.4, 0.5) is 0 Å².